The van der Waals surface area contributed by atoms with Crippen LogP contribution in [0, 0.1) is 6.92 Å². The Morgan fingerprint density at radius 1 is 1.00 bits per heavy atom. The predicted octanol–water partition coefficient (Wildman–Crippen LogP) is 3.14. The number of nitrogens with zero attached hydrogens (tertiary/aromatic N) is 1. The van der Waals surface area contributed by atoms with Crippen molar-refractivity contribution in [2.45, 2.75) is 26.5 Å². The molecule has 146 valence electrons. The molecular formula is C21H29N3O3. The molecule has 0 saturated carbocycles. The Morgan fingerprint density at radius 3 is 2.37 bits per heavy atom. The molecule has 0 heterocycles. The first-order chi connectivity index (χ1) is 13.1. The highest BCUT2D eigenvalue weighted by Gasteiger charge is 2.09. The highest BCUT2D eigenvalue weighted by Crippen LogP contribution is 2.26. The van der Waals surface area contributed by atoms with Gasteiger partial charge in [-0.25, -0.2) is 0 Å². The van der Waals surface area contributed by atoms with Gasteiger partial charge in [-0.15, -0.1) is 0 Å². The number of hydrogen-bond acceptors (Lipinski definition) is 4. The lowest BCUT2D eigenvalue weighted by atomic mass is 10.1. The number of benzene rings is 2. The molecule has 0 amide bonds. The fourth-order valence-corrected chi connectivity index (χ4v) is 2.60. The second-order valence-electron chi connectivity index (χ2n) is 6.19. The summed E-state index contributed by atoms with van der Waals surface area (Å²) in [5, 5.41) is 6.58. The molecule has 0 aromatic heterocycles. The Hall–Kier alpha value is -2.89. The summed E-state index contributed by atoms with van der Waals surface area (Å²) >= 11 is 0. The number of nitrogens with one attached hydrogen (secondary N) is 2. The number of rotatable bonds is 8. The number of aliphatic imine (C=N–C) groups is 1. The molecule has 0 fully saturated rings. The quantitative estimate of drug-likeness (QED) is 0.551. The van der Waals surface area contributed by atoms with Crippen LogP contribution in [0.2, 0.25) is 0 Å². The number of ether oxygens (including phenoxy) is 3. The lowest BCUT2D eigenvalue weighted by Gasteiger charge is -2.19. The summed E-state index contributed by atoms with van der Waals surface area (Å²) in [5.41, 5.74) is 2.24. The van der Waals surface area contributed by atoms with E-state index < -0.39 is 0 Å². The zero-order chi connectivity index (χ0) is 19.6. The minimum Gasteiger partial charge on any atom is -0.496 e. The second-order valence-corrected chi connectivity index (χ2v) is 6.19. The summed E-state index contributed by atoms with van der Waals surface area (Å²) in [4.78, 5) is 4.26. The Labute approximate surface area is 161 Å². The van der Waals surface area contributed by atoms with Crippen molar-refractivity contribution in [2.75, 3.05) is 27.8 Å². The van der Waals surface area contributed by atoms with Crippen LogP contribution in [0.3, 0.4) is 0 Å². The molecule has 1 unspecified atom stereocenters. The van der Waals surface area contributed by atoms with Crippen LogP contribution in [0.15, 0.2) is 47.5 Å². The third kappa shape index (κ3) is 6.09. The van der Waals surface area contributed by atoms with Crippen molar-refractivity contribution in [1.82, 2.24) is 10.6 Å². The first kappa shape index (κ1) is 20.4. The minimum atomic E-state index is -0.0562. The highest BCUT2D eigenvalue weighted by atomic mass is 16.5. The van der Waals surface area contributed by atoms with Gasteiger partial charge < -0.3 is 24.8 Å². The summed E-state index contributed by atoms with van der Waals surface area (Å²) in [6.07, 6.45) is -0.0562. The van der Waals surface area contributed by atoms with Crippen LogP contribution in [-0.4, -0.2) is 39.9 Å². The van der Waals surface area contributed by atoms with E-state index in [2.05, 4.69) is 27.8 Å². The Bertz CT molecular complexity index is 762. The Balaban J connectivity index is 1.84. The molecule has 0 aliphatic carbocycles. The Kier molecular flexibility index (Phi) is 7.79. The minimum absolute atomic E-state index is 0.0562. The van der Waals surface area contributed by atoms with Gasteiger partial charge in [0.2, 0.25) is 0 Å². The van der Waals surface area contributed by atoms with Gasteiger partial charge in [0.25, 0.3) is 0 Å². The molecule has 0 aliphatic rings. The molecule has 2 aromatic carbocycles. The van der Waals surface area contributed by atoms with E-state index in [4.69, 9.17) is 14.2 Å². The van der Waals surface area contributed by atoms with Crippen molar-refractivity contribution in [2.24, 2.45) is 4.99 Å². The van der Waals surface area contributed by atoms with Gasteiger partial charge >= 0.3 is 0 Å². The van der Waals surface area contributed by atoms with Gasteiger partial charge in [-0.3, -0.25) is 4.99 Å². The Morgan fingerprint density at radius 2 is 1.70 bits per heavy atom. The van der Waals surface area contributed by atoms with Crippen molar-refractivity contribution >= 4 is 5.96 Å². The monoisotopic (exact) mass is 371 g/mol. The van der Waals surface area contributed by atoms with Gasteiger partial charge in [0.1, 0.15) is 11.9 Å². The molecule has 0 saturated heterocycles. The van der Waals surface area contributed by atoms with Crippen molar-refractivity contribution < 1.29 is 14.2 Å². The topological polar surface area (TPSA) is 64.1 Å². The lowest BCUT2D eigenvalue weighted by molar-refractivity contribution is 0.213. The van der Waals surface area contributed by atoms with Gasteiger partial charge in [0, 0.05) is 13.6 Å². The fraction of sp³-hybridized carbons (Fsp3) is 0.381. The van der Waals surface area contributed by atoms with Crippen LogP contribution in [0.1, 0.15) is 18.1 Å². The smallest absolute Gasteiger partial charge is 0.191 e. The second kappa shape index (κ2) is 10.3. The van der Waals surface area contributed by atoms with Gasteiger partial charge in [0.05, 0.1) is 20.8 Å². The van der Waals surface area contributed by atoms with Crippen LogP contribution in [0.25, 0.3) is 0 Å². The first-order valence-corrected chi connectivity index (χ1v) is 8.95. The molecule has 0 aliphatic heterocycles. The van der Waals surface area contributed by atoms with Crippen LogP contribution < -0.4 is 24.8 Å². The van der Waals surface area contributed by atoms with Crippen molar-refractivity contribution in [1.29, 1.82) is 0 Å². The predicted molar refractivity (Wildman–Crippen MR) is 109 cm³/mol. The van der Waals surface area contributed by atoms with E-state index in [0.717, 1.165) is 28.4 Å². The summed E-state index contributed by atoms with van der Waals surface area (Å²) in [6.45, 7) is 5.28. The lowest BCUT2D eigenvalue weighted by Crippen LogP contribution is -2.41. The molecular weight excluding hydrogens is 342 g/mol. The SMILES string of the molecule is CN=C(NCc1ccc(C)c(OC)c1)NCC(C)Oc1ccccc1OC. The van der Waals surface area contributed by atoms with Crippen LogP contribution in [0.4, 0.5) is 0 Å². The standard InChI is InChI=1S/C21H29N3O3/c1-15-10-11-17(12-20(15)26-5)14-24-21(22-3)23-13-16(2)27-19-9-7-6-8-18(19)25-4/h6-12,16H,13-14H2,1-5H3,(H2,22,23,24). The van der Waals surface area contributed by atoms with E-state index in [9.17, 15) is 0 Å². The third-order valence-corrected chi connectivity index (χ3v) is 4.11. The molecule has 6 heteroatoms. The van der Waals surface area contributed by atoms with E-state index in [1.54, 1.807) is 21.3 Å². The summed E-state index contributed by atoms with van der Waals surface area (Å²) < 4.78 is 16.6. The van der Waals surface area contributed by atoms with Gasteiger partial charge in [-0.05, 0) is 43.2 Å². The third-order valence-electron chi connectivity index (χ3n) is 4.11. The maximum Gasteiger partial charge on any atom is 0.191 e. The molecule has 6 nitrogen and oxygen atoms in total. The summed E-state index contributed by atoms with van der Waals surface area (Å²) in [5.74, 6) is 3.05. The summed E-state index contributed by atoms with van der Waals surface area (Å²) in [7, 11) is 5.07. The highest BCUT2D eigenvalue weighted by molar-refractivity contribution is 5.79. The number of guanidine groups is 1. The average molecular weight is 371 g/mol. The van der Waals surface area contributed by atoms with Crippen molar-refractivity contribution in [3.8, 4) is 17.2 Å². The van der Waals surface area contributed by atoms with Crippen LogP contribution >= 0.6 is 0 Å². The zero-order valence-corrected chi connectivity index (χ0v) is 16.7. The number of hydrogen-bond donors (Lipinski definition) is 2. The van der Waals surface area contributed by atoms with E-state index in [0.29, 0.717) is 19.0 Å². The van der Waals surface area contributed by atoms with Crippen molar-refractivity contribution in [3.63, 3.8) is 0 Å². The fourth-order valence-electron chi connectivity index (χ4n) is 2.60. The van der Waals surface area contributed by atoms with E-state index in [1.807, 2.05) is 44.2 Å². The van der Waals surface area contributed by atoms with Crippen molar-refractivity contribution in [3.05, 3.63) is 53.6 Å². The normalized spacial score (nSPS) is 12.3. The first-order valence-electron chi connectivity index (χ1n) is 8.95. The van der Waals surface area contributed by atoms with Crippen LogP contribution in [0.5, 0.6) is 17.2 Å². The van der Waals surface area contributed by atoms with E-state index >= 15 is 0 Å². The van der Waals surface area contributed by atoms with Gasteiger partial charge in [-0.2, -0.15) is 0 Å². The maximum absolute atomic E-state index is 5.95. The zero-order valence-electron chi connectivity index (χ0n) is 16.7. The molecule has 27 heavy (non-hydrogen) atoms. The molecule has 2 aromatic rings. The maximum atomic E-state index is 5.95. The number of aryl methyl sites for hydroxylation is 1. The van der Waals surface area contributed by atoms with Gasteiger partial charge in [-0.1, -0.05) is 24.3 Å². The van der Waals surface area contributed by atoms with E-state index in [1.165, 1.54) is 0 Å². The molecule has 1 atom stereocenters. The molecule has 0 bridgehead atoms. The largest absolute Gasteiger partial charge is 0.496 e. The van der Waals surface area contributed by atoms with Crippen LogP contribution in [-0.2, 0) is 6.54 Å². The molecule has 2 N–H and O–H groups in total. The number of para-hydroxylation sites is 2. The molecule has 0 radical (unpaired) electrons. The average Bonchev–Trinajstić information content (AvgIpc) is 2.69. The van der Waals surface area contributed by atoms with Gasteiger partial charge in [0.15, 0.2) is 17.5 Å². The van der Waals surface area contributed by atoms with E-state index in [-0.39, 0.29) is 6.10 Å². The molecule has 2 rings (SSSR count). The number of methoxy groups -OCH3 is 2. The summed E-state index contributed by atoms with van der Waals surface area (Å²) in [6, 6.07) is 13.8. The molecule has 0 spiro atoms.